The lowest BCUT2D eigenvalue weighted by Crippen LogP contribution is -1.92. The molecule has 0 aliphatic rings. The number of rotatable bonds is 0. The first-order chi connectivity index (χ1) is 7.61. The van der Waals surface area contributed by atoms with Gasteiger partial charge in [0.1, 0.15) is 22.1 Å². The van der Waals surface area contributed by atoms with E-state index in [0.717, 1.165) is 31.0 Å². The van der Waals surface area contributed by atoms with Crippen LogP contribution in [0.1, 0.15) is 0 Å². The second-order valence-electron chi connectivity index (χ2n) is 3.45. The highest BCUT2D eigenvalue weighted by Gasteiger charge is 2.19. The summed E-state index contributed by atoms with van der Waals surface area (Å²) in [6, 6.07) is 0. The van der Waals surface area contributed by atoms with Crippen LogP contribution in [0.4, 0.5) is 0 Å². The Morgan fingerprint density at radius 1 is 0.812 bits per heavy atom. The molecule has 2 heterocycles. The van der Waals surface area contributed by atoms with Gasteiger partial charge in [0, 0.05) is 14.1 Å². The van der Waals surface area contributed by atoms with Crippen LogP contribution >= 0.6 is 31.9 Å². The Balaban J connectivity index is 2.70. The summed E-state index contributed by atoms with van der Waals surface area (Å²) in [5.74, 6) is 0. The highest BCUT2D eigenvalue weighted by molar-refractivity contribution is 9.11. The zero-order valence-electron chi connectivity index (χ0n) is 8.44. The van der Waals surface area contributed by atoms with E-state index < -0.39 is 0 Å². The van der Waals surface area contributed by atoms with Gasteiger partial charge in [-0.3, -0.25) is 0 Å². The lowest BCUT2D eigenvalue weighted by atomic mass is 10.2. The molecule has 0 spiro atoms. The molecule has 0 fully saturated rings. The second-order valence-corrected chi connectivity index (χ2v) is 5.03. The summed E-state index contributed by atoms with van der Waals surface area (Å²) in [5.41, 5.74) is 3.40. The molecule has 3 rings (SSSR count). The highest BCUT2D eigenvalue weighted by atomic mass is 79.9. The van der Waals surface area contributed by atoms with Crippen LogP contribution in [0.5, 0.6) is 0 Å². The lowest BCUT2D eigenvalue weighted by Gasteiger charge is -2.01. The summed E-state index contributed by atoms with van der Waals surface area (Å²) in [7, 11) is 3.68. The van der Waals surface area contributed by atoms with Gasteiger partial charge in [-0.1, -0.05) is 10.4 Å². The van der Waals surface area contributed by atoms with E-state index in [1.165, 1.54) is 0 Å². The molecule has 8 heteroatoms. The molecule has 6 nitrogen and oxygen atoms in total. The fourth-order valence-electron chi connectivity index (χ4n) is 1.73. The summed E-state index contributed by atoms with van der Waals surface area (Å²) >= 11 is 7.04. The molecule has 2 aromatic heterocycles. The molecule has 1 aromatic carbocycles. The molecule has 0 N–H and O–H groups in total. The summed E-state index contributed by atoms with van der Waals surface area (Å²) < 4.78 is 5.14. The van der Waals surface area contributed by atoms with Crippen molar-refractivity contribution >= 4 is 53.9 Å². The Bertz CT molecular complexity index is 650. The maximum absolute atomic E-state index is 4.12. The number of halogens is 2. The number of nitrogens with zero attached hydrogens (tertiary/aromatic N) is 6. The van der Waals surface area contributed by atoms with Crippen molar-refractivity contribution in [3.05, 3.63) is 8.95 Å². The molecule has 0 saturated heterocycles. The third kappa shape index (κ3) is 1.11. The Hall–Kier alpha value is -1.02. The van der Waals surface area contributed by atoms with Crippen molar-refractivity contribution in [1.82, 2.24) is 30.0 Å². The Kier molecular flexibility index (Phi) is 2.05. The molecule has 0 radical (unpaired) electrons. The van der Waals surface area contributed by atoms with Gasteiger partial charge in [0.15, 0.2) is 0 Å². The van der Waals surface area contributed by atoms with E-state index >= 15 is 0 Å². The fourth-order valence-corrected chi connectivity index (χ4v) is 3.15. The predicted molar refractivity (Wildman–Crippen MR) is 66.0 cm³/mol. The quantitative estimate of drug-likeness (QED) is 0.623. The zero-order valence-corrected chi connectivity index (χ0v) is 11.6. The Morgan fingerprint density at radius 3 is 1.56 bits per heavy atom. The van der Waals surface area contributed by atoms with Crippen LogP contribution < -0.4 is 0 Å². The maximum Gasteiger partial charge on any atom is 0.130 e. The summed E-state index contributed by atoms with van der Waals surface area (Å²) in [6.45, 7) is 0. The molecule has 0 unspecified atom stereocenters. The van der Waals surface area contributed by atoms with Crippen molar-refractivity contribution in [1.29, 1.82) is 0 Å². The van der Waals surface area contributed by atoms with Crippen molar-refractivity contribution < 1.29 is 0 Å². The minimum Gasteiger partial charge on any atom is -0.246 e. The summed E-state index contributed by atoms with van der Waals surface area (Å²) in [6.07, 6.45) is 0. The number of aryl methyl sites for hydroxylation is 2. The van der Waals surface area contributed by atoms with E-state index in [4.69, 9.17) is 0 Å². The lowest BCUT2D eigenvalue weighted by molar-refractivity contribution is 0.732. The van der Waals surface area contributed by atoms with E-state index in [0.29, 0.717) is 0 Å². The molecule has 16 heavy (non-hydrogen) atoms. The normalized spacial score (nSPS) is 11.8. The topological polar surface area (TPSA) is 61.4 Å². The Morgan fingerprint density at radius 2 is 1.19 bits per heavy atom. The standard InChI is InChI=1S/C8H6Br2N6/c1-15-7-3(9)6-8(16(2)14-12-6)4(10)5(7)11-13-15/h1-2H3. The van der Waals surface area contributed by atoms with Crippen LogP contribution in [0.25, 0.3) is 22.1 Å². The first kappa shape index (κ1) is 10.2. The number of hydrogen-bond acceptors (Lipinski definition) is 4. The smallest absolute Gasteiger partial charge is 0.130 e. The monoisotopic (exact) mass is 344 g/mol. The van der Waals surface area contributed by atoms with Gasteiger partial charge in [0.05, 0.1) is 8.95 Å². The van der Waals surface area contributed by atoms with Crippen molar-refractivity contribution in [2.24, 2.45) is 14.1 Å². The van der Waals surface area contributed by atoms with Gasteiger partial charge in [0.25, 0.3) is 0 Å². The first-order valence-electron chi connectivity index (χ1n) is 4.47. The van der Waals surface area contributed by atoms with Crippen LogP contribution in [0.15, 0.2) is 8.95 Å². The SMILES string of the molecule is Cn1nnc2c(Br)c3c(nnn3C)c(Br)c21. The summed E-state index contributed by atoms with van der Waals surface area (Å²) in [4.78, 5) is 0. The van der Waals surface area contributed by atoms with Gasteiger partial charge < -0.3 is 0 Å². The van der Waals surface area contributed by atoms with Gasteiger partial charge in [-0.15, -0.1) is 10.2 Å². The van der Waals surface area contributed by atoms with Crippen LogP contribution in [0.3, 0.4) is 0 Å². The maximum atomic E-state index is 4.12. The molecule has 0 aliphatic carbocycles. The van der Waals surface area contributed by atoms with E-state index in [9.17, 15) is 0 Å². The molecule has 0 saturated carbocycles. The fraction of sp³-hybridized carbons (Fsp3) is 0.250. The molecular weight excluding hydrogens is 340 g/mol. The molecule has 3 aromatic rings. The number of benzene rings is 1. The number of aromatic nitrogens is 6. The third-order valence-electron chi connectivity index (χ3n) is 2.49. The van der Waals surface area contributed by atoms with Gasteiger partial charge in [0.2, 0.25) is 0 Å². The molecule has 82 valence electrons. The second kappa shape index (κ2) is 3.24. The van der Waals surface area contributed by atoms with Gasteiger partial charge in [-0.2, -0.15) is 0 Å². The van der Waals surface area contributed by atoms with E-state index in [-0.39, 0.29) is 0 Å². The molecule has 0 atom stereocenters. The average Bonchev–Trinajstić information content (AvgIpc) is 2.80. The van der Waals surface area contributed by atoms with Crippen LogP contribution in [0, 0.1) is 0 Å². The van der Waals surface area contributed by atoms with Crippen molar-refractivity contribution in [2.75, 3.05) is 0 Å². The first-order valence-corrected chi connectivity index (χ1v) is 6.05. The molecule has 0 aliphatic heterocycles. The van der Waals surface area contributed by atoms with Crippen molar-refractivity contribution in [3.8, 4) is 0 Å². The zero-order chi connectivity index (χ0) is 11.4. The Labute approximate surface area is 107 Å². The van der Waals surface area contributed by atoms with E-state index in [1.54, 1.807) is 9.36 Å². The summed E-state index contributed by atoms with van der Waals surface area (Å²) in [5, 5.41) is 16.2. The van der Waals surface area contributed by atoms with Gasteiger partial charge >= 0.3 is 0 Å². The highest BCUT2D eigenvalue weighted by Crippen LogP contribution is 2.36. The van der Waals surface area contributed by atoms with Gasteiger partial charge in [-0.25, -0.2) is 9.36 Å². The number of fused-ring (bicyclic) bond motifs is 2. The van der Waals surface area contributed by atoms with Crippen molar-refractivity contribution in [2.45, 2.75) is 0 Å². The number of hydrogen-bond donors (Lipinski definition) is 0. The average molecular weight is 346 g/mol. The molecule has 0 bridgehead atoms. The third-order valence-corrected chi connectivity index (χ3v) is 3.99. The van der Waals surface area contributed by atoms with Crippen LogP contribution in [-0.2, 0) is 14.1 Å². The van der Waals surface area contributed by atoms with Crippen LogP contribution in [-0.4, -0.2) is 30.0 Å². The van der Waals surface area contributed by atoms with Crippen molar-refractivity contribution in [3.63, 3.8) is 0 Å². The molecule has 0 amide bonds. The van der Waals surface area contributed by atoms with E-state index in [2.05, 4.69) is 52.5 Å². The molecular formula is C8H6Br2N6. The predicted octanol–water partition coefficient (Wildman–Crippen LogP) is 1.77. The van der Waals surface area contributed by atoms with E-state index in [1.807, 2.05) is 14.1 Å². The minimum atomic E-state index is 0.798. The van der Waals surface area contributed by atoms with Crippen LogP contribution in [0.2, 0.25) is 0 Å². The van der Waals surface area contributed by atoms with Gasteiger partial charge in [-0.05, 0) is 31.9 Å². The largest absolute Gasteiger partial charge is 0.246 e. The minimum absolute atomic E-state index is 0.798.